The molecular formula is C38H31Br4Cl4N3O6. The maximum Gasteiger partial charge on any atom is 0.338 e. The van der Waals surface area contributed by atoms with Crippen molar-refractivity contribution in [2.45, 2.75) is 45.4 Å². The summed E-state index contributed by atoms with van der Waals surface area (Å²) in [5.74, 6) is -1.52. The Kier molecular flexibility index (Phi) is 16.1. The largest absolute Gasteiger partial charge is 0.486 e. The Morgan fingerprint density at radius 3 is 1.82 bits per heavy atom. The van der Waals surface area contributed by atoms with Gasteiger partial charge in [0.2, 0.25) is 0 Å². The number of hydrogen-bond acceptors (Lipinski definition) is 8. The van der Waals surface area contributed by atoms with Gasteiger partial charge in [-0.25, -0.2) is 9.59 Å². The molecule has 17 heteroatoms. The van der Waals surface area contributed by atoms with Crippen LogP contribution in [-0.2, 0) is 27.5 Å². The Morgan fingerprint density at radius 2 is 1.29 bits per heavy atom. The van der Waals surface area contributed by atoms with Crippen LogP contribution in [0.2, 0.25) is 20.1 Å². The predicted molar refractivity (Wildman–Crippen MR) is 233 cm³/mol. The van der Waals surface area contributed by atoms with E-state index >= 15 is 0 Å². The lowest BCUT2D eigenvalue weighted by atomic mass is 9.93. The summed E-state index contributed by atoms with van der Waals surface area (Å²) >= 11 is 39.7. The van der Waals surface area contributed by atoms with E-state index in [1.165, 1.54) is 24.6 Å². The molecular weight excluding hydrogens is 1060 g/mol. The zero-order valence-electron chi connectivity index (χ0n) is 28.8. The molecule has 0 atom stereocenters. The van der Waals surface area contributed by atoms with Crippen LogP contribution >= 0.6 is 110 Å². The van der Waals surface area contributed by atoms with Crippen molar-refractivity contribution in [1.29, 1.82) is 0 Å². The highest BCUT2D eigenvalue weighted by atomic mass is 79.9. The van der Waals surface area contributed by atoms with Crippen molar-refractivity contribution in [1.82, 2.24) is 5.32 Å². The van der Waals surface area contributed by atoms with Crippen molar-refractivity contribution in [3.63, 3.8) is 0 Å². The van der Waals surface area contributed by atoms with Gasteiger partial charge in [0.05, 0.1) is 39.3 Å². The summed E-state index contributed by atoms with van der Waals surface area (Å²) in [5, 5.41) is 11.1. The van der Waals surface area contributed by atoms with Gasteiger partial charge in [-0.05, 0) is 150 Å². The average molecular weight is 1090 g/mol. The number of benzene rings is 4. The molecule has 4 aromatic carbocycles. The van der Waals surface area contributed by atoms with Crippen LogP contribution in [0.4, 0.5) is 11.4 Å². The summed E-state index contributed by atoms with van der Waals surface area (Å²) in [4.78, 5) is 37.7. The topological polar surface area (TPSA) is 115 Å². The first kappa shape index (κ1) is 43.6. The number of carbonyl (C=O) groups is 3. The van der Waals surface area contributed by atoms with E-state index < -0.39 is 24.4 Å². The number of ether oxygens (including phenoxy) is 3. The van der Waals surface area contributed by atoms with Gasteiger partial charge in [-0.15, -0.1) is 0 Å². The van der Waals surface area contributed by atoms with E-state index in [0.717, 1.165) is 30.2 Å². The molecule has 1 saturated carbocycles. The fourth-order valence-electron chi connectivity index (χ4n) is 5.24. The molecule has 0 saturated heterocycles. The molecule has 0 heterocycles. The SMILES string of the molecule is CCNc1cc(Cl)cc(COc2c(Br)cc(C(=O)NCC(=O)OC(=O)/C=C/c3cc(Br)c(OCc4cc(Cl)cc(NC5CCC5)c4Cl)c(Br)c3)cc2Br)c1Cl. The third-order valence-corrected chi connectivity index (χ3v) is 11.8. The summed E-state index contributed by atoms with van der Waals surface area (Å²) in [5.41, 5.74) is 3.68. The van der Waals surface area contributed by atoms with Crippen LogP contribution in [0.3, 0.4) is 0 Å². The Balaban J connectivity index is 1.11. The van der Waals surface area contributed by atoms with Gasteiger partial charge >= 0.3 is 11.9 Å². The normalized spacial score (nSPS) is 12.6. The summed E-state index contributed by atoms with van der Waals surface area (Å²) in [7, 11) is 0. The first-order valence-corrected chi connectivity index (χ1v) is 21.3. The molecule has 0 bridgehead atoms. The molecule has 0 aromatic heterocycles. The van der Waals surface area contributed by atoms with Gasteiger partial charge in [-0.2, -0.15) is 0 Å². The molecule has 0 aliphatic heterocycles. The molecule has 1 aliphatic carbocycles. The van der Waals surface area contributed by atoms with Crippen molar-refractivity contribution in [2.24, 2.45) is 0 Å². The molecule has 0 spiro atoms. The number of carbonyl (C=O) groups excluding carboxylic acids is 3. The fourth-order valence-corrected chi connectivity index (χ4v) is 9.04. The minimum Gasteiger partial charge on any atom is -0.486 e. The quantitative estimate of drug-likeness (QED) is 0.0613. The third kappa shape index (κ3) is 12.0. The molecule has 1 amide bonds. The molecule has 1 aliphatic rings. The Bertz CT molecular complexity index is 2110. The van der Waals surface area contributed by atoms with Crippen molar-refractivity contribution in [3.05, 3.63) is 115 Å². The van der Waals surface area contributed by atoms with Crippen molar-refractivity contribution < 1.29 is 28.6 Å². The maximum absolute atomic E-state index is 12.9. The van der Waals surface area contributed by atoms with Gasteiger partial charge in [-0.3, -0.25) is 4.79 Å². The Hall–Kier alpha value is -2.49. The average Bonchev–Trinajstić information content (AvgIpc) is 3.10. The third-order valence-electron chi connectivity index (χ3n) is 8.10. The van der Waals surface area contributed by atoms with E-state index in [-0.39, 0.29) is 18.8 Å². The van der Waals surface area contributed by atoms with Crippen LogP contribution < -0.4 is 25.4 Å². The molecule has 0 radical (unpaired) electrons. The van der Waals surface area contributed by atoms with Crippen LogP contribution in [0.25, 0.3) is 6.08 Å². The van der Waals surface area contributed by atoms with E-state index in [1.807, 2.05) is 13.0 Å². The lowest BCUT2D eigenvalue weighted by molar-refractivity contribution is -0.155. The number of anilines is 2. The number of rotatable bonds is 15. The minimum absolute atomic E-state index is 0.100. The summed E-state index contributed by atoms with van der Waals surface area (Å²) < 4.78 is 19.1. The molecule has 1 fully saturated rings. The van der Waals surface area contributed by atoms with Crippen molar-refractivity contribution in [2.75, 3.05) is 23.7 Å². The number of esters is 2. The van der Waals surface area contributed by atoms with Crippen LogP contribution in [0, 0.1) is 0 Å². The van der Waals surface area contributed by atoms with Crippen molar-refractivity contribution in [3.8, 4) is 11.5 Å². The highest BCUT2D eigenvalue weighted by Crippen LogP contribution is 2.39. The standard InChI is InChI=1S/C38H31Br4Cl4N3O6/c1-2-47-30-14-23(43)10-21(34(30)45)17-54-37-28(41)12-20(13-29(37)42)38(52)48-16-33(51)55-32(50)7-6-19-8-26(39)36(27(40)9-19)53-18-22-11-24(44)15-31(35(22)46)49-25-4-3-5-25/h6-15,25,47,49H,2-5,16-18H2,1H3,(H,48,52)/b7-6+. The van der Waals surface area contributed by atoms with Gasteiger partial charge in [-0.1, -0.05) is 46.4 Å². The molecule has 9 nitrogen and oxygen atoms in total. The Morgan fingerprint density at radius 1 is 0.764 bits per heavy atom. The first-order valence-electron chi connectivity index (χ1n) is 16.6. The maximum atomic E-state index is 12.9. The monoisotopic (exact) mass is 1080 g/mol. The lowest BCUT2D eigenvalue weighted by Crippen LogP contribution is -2.31. The molecule has 5 rings (SSSR count). The van der Waals surface area contributed by atoms with Crippen LogP contribution in [-0.4, -0.2) is 37.0 Å². The number of amides is 1. The van der Waals surface area contributed by atoms with Gasteiger partial charge < -0.3 is 30.2 Å². The second-order valence-corrected chi connectivity index (χ2v) is 17.2. The highest BCUT2D eigenvalue weighted by molar-refractivity contribution is 9.11. The molecule has 0 unspecified atom stereocenters. The van der Waals surface area contributed by atoms with E-state index in [9.17, 15) is 14.4 Å². The van der Waals surface area contributed by atoms with E-state index in [4.69, 9.17) is 60.6 Å². The summed E-state index contributed by atoms with van der Waals surface area (Å²) in [6.07, 6.45) is 5.94. The van der Waals surface area contributed by atoms with Gasteiger partial charge in [0.25, 0.3) is 5.91 Å². The van der Waals surface area contributed by atoms with Crippen molar-refractivity contribution >= 4 is 145 Å². The van der Waals surface area contributed by atoms with Gasteiger partial charge in [0, 0.05) is 45.4 Å². The van der Waals surface area contributed by atoms with E-state index in [2.05, 4.69) is 79.7 Å². The zero-order valence-corrected chi connectivity index (χ0v) is 38.1. The van der Waals surface area contributed by atoms with Gasteiger partial charge in [0.1, 0.15) is 31.3 Å². The zero-order chi connectivity index (χ0) is 39.8. The fraction of sp³-hybridized carbons (Fsp3) is 0.237. The summed E-state index contributed by atoms with van der Waals surface area (Å²) in [6, 6.07) is 13.9. The van der Waals surface area contributed by atoms with Crippen LogP contribution in [0.1, 0.15) is 53.2 Å². The Labute approximate surface area is 371 Å². The predicted octanol–water partition coefficient (Wildman–Crippen LogP) is 12.4. The number of nitrogens with one attached hydrogen (secondary N) is 3. The molecule has 4 aromatic rings. The second-order valence-electron chi connectivity index (χ2n) is 12.1. The van der Waals surface area contributed by atoms with Crippen LogP contribution in [0.15, 0.2) is 72.5 Å². The van der Waals surface area contributed by atoms with Crippen LogP contribution in [0.5, 0.6) is 11.5 Å². The van der Waals surface area contributed by atoms with Gasteiger partial charge in [0.15, 0.2) is 0 Å². The lowest BCUT2D eigenvalue weighted by Gasteiger charge is -2.28. The minimum atomic E-state index is -0.951. The second kappa shape index (κ2) is 20.3. The molecule has 3 N–H and O–H groups in total. The first-order chi connectivity index (χ1) is 26.2. The van der Waals surface area contributed by atoms with E-state index in [1.54, 1.807) is 30.3 Å². The number of halogens is 8. The smallest absolute Gasteiger partial charge is 0.338 e. The van der Waals surface area contributed by atoms with E-state index in [0.29, 0.717) is 78.9 Å². The molecule has 55 heavy (non-hydrogen) atoms. The highest BCUT2D eigenvalue weighted by Gasteiger charge is 2.21. The summed E-state index contributed by atoms with van der Waals surface area (Å²) in [6.45, 7) is 2.32. The number of hydrogen-bond donors (Lipinski definition) is 3. The molecule has 290 valence electrons.